The van der Waals surface area contributed by atoms with E-state index in [0.717, 1.165) is 25.2 Å². The van der Waals surface area contributed by atoms with Gasteiger partial charge in [-0.3, -0.25) is 4.79 Å². The van der Waals surface area contributed by atoms with Gasteiger partial charge in [-0.2, -0.15) is 13.2 Å². The summed E-state index contributed by atoms with van der Waals surface area (Å²) in [5.74, 6) is 0.0342. The molecular formula is C16H17F3N4O. The Bertz CT molecular complexity index is 680. The number of amides is 1. The first-order chi connectivity index (χ1) is 11.3. The maximum Gasteiger partial charge on any atom is 0.416 e. The lowest BCUT2D eigenvalue weighted by atomic mass is 10.2. The average Bonchev–Trinajstić information content (AvgIpc) is 2.56. The summed E-state index contributed by atoms with van der Waals surface area (Å²) in [6, 6.07) is 4.23. The van der Waals surface area contributed by atoms with Crippen molar-refractivity contribution in [3.63, 3.8) is 0 Å². The van der Waals surface area contributed by atoms with Crippen molar-refractivity contribution in [2.45, 2.75) is 20.0 Å². The Morgan fingerprint density at radius 2 is 1.62 bits per heavy atom. The third-order valence-corrected chi connectivity index (χ3v) is 3.42. The van der Waals surface area contributed by atoms with Crippen molar-refractivity contribution < 1.29 is 18.0 Å². The molecule has 0 spiro atoms. The highest BCUT2D eigenvalue weighted by molar-refractivity contribution is 6.03. The van der Waals surface area contributed by atoms with E-state index in [1.54, 1.807) is 0 Å². The van der Waals surface area contributed by atoms with E-state index in [1.807, 2.05) is 18.7 Å². The number of halogens is 3. The summed E-state index contributed by atoms with van der Waals surface area (Å²) < 4.78 is 37.5. The predicted octanol–water partition coefficient (Wildman–Crippen LogP) is 3.59. The average molecular weight is 338 g/mol. The quantitative estimate of drug-likeness (QED) is 0.905. The second kappa shape index (κ2) is 7.29. The molecule has 2 aromatic rings. The summed E-state index contributed by atoms with van der Waals surface area (Å²) in [6.45, 7) is 5.43. The van der Waals surface area contributed by atoms with Crippen molar-refractivity contribution in [2.75, 3.05) is 23.3 Å². The molecule has 1 heterocycles. The molecule has 2 rings (SSSR count). The van der Waals surface area contributed by atoms with Crippen molar-refractivity contribution in [3.05, 3.63) is 47.8 Å². The molecule has 0 saturated carbocycles. The number of hydrogen-bond donors (Lipinski definition) is 1. The molecular weight excluding hydrogens is 321 g/mol. The van der Waals surface area contributed by atoms with E-state index in [2.05, 4.69) is 15.3 Å². The van der Waals surface area contributed by atoms with E-state index in [-0.39, 0.29) is 11.3 Å². The minimum atomic E-state index is -4.41. The van der Waals surface area contributed by atoms with Crippen LogP contribution in [-0.2, 0) is 6.18 Å². The van der Waals surface area contributed by atoms with E-state index in [1.165, 1.54) is 24.5 Å². The molecule has 0 aliphatic rings. The number of nitrogens with zero attached hydrogens (tertiary/aromatic N) is 3. The molecule has 0 aliphatic heterocycles. The lowest BCUT2D eigenvalue weighted by molar-refractivity contribution is -0.137. The number of carbonyl (C=O) groups excluding carboxylic acids is 1. The molecule has 8 heteroatoms. The molecule has 0 bridgehead atoms. The zero-order chi connectivity index (χ0) is 17.7. The number of nitrogens with one attached hydrogen (secondary N) is 1. The summed E-state index contributed by atoms with van der Waals surface area (Å²) in [6.07, 6.45) is -1.63. The van der Waals surface area contributed by atoms with E-state index >= 15 is 0 Å². The van der Waals surface area contributed by atoms with Gasteiger partial charge in [-0.15, -0.1) is 0 Å². The highest BCUT2D eigenvalue weighted by atomic mass is 19.4. The molecule has 0 unspecified atom stereocenters. The molecule has 1 N–H and O–H groups in total. The van der Waals surface area contributed by atoms with Crippen molar-refractivity contribution in [3.8, 4) is 0 Å². The smallest absolute Gasteiger partial charge is 0.341 e. The lowest BCUT2D eigenvalue weighted by Gasteiger charge is -2.18. The van der Waals surface area contributed by atoms with Crippen LogP contribution in [0, 0.1) is 0 Å². The SMILES string of the molecule is CCN(CC)c1ncc(C(=O)Nc2ccc(C(F)(F)F)cc2)cn1. The van der Waals surface area contributed by atoms with Gasteiger partial charge in [-0.05, 0) is 38.1 Å². The molecule has 5 nitrogen and oxygen atoms in total. The van der Waals surface area contributed by atoms with Crippen LogP contribution in [0.25, 0.3) is 0 Å². The number of hydrogen-bond acceptors (Lipinski definition) is 4. The van der Waals surface area contributed by atoms with E-state index in [0.29, 0.717) is 5.95 Å². The van der Waals surface area contributed by atoms with Gasteiger partial charge in [0.2, 0.25) is 5.95 Å². The Kier molecular flexibility index (Phi) is 5.38. The van der Waals surface area contributed by atoms with Crippen molar-refractivity contribution in [1.82, 2.24) is 9.97 Å². The second-order valence-electron chi connectivity index (χ2n) is 4.97. The fourth-order valence-electron chi connectivity index (χ4n) is 2.05. The Balaban J connectivity index is 2.07. The van der Waals surface area contributed by atoms with Gasteiger partial charge >= 0.3 is 6.18 Å². The third-order valence-electron chi connectivity index (χ3n) is 3.42. The molecule has 128 valence electrons. The van der Waals surface area contributed by atoms with Crippen molar-refractivity contribution >= 4 is 17.5 Å². The fraction of sp³-hybridized carbons (Fsp3) is 0.312. The van der Waals surface area contributed by atoms with Crippen LogP contribution in [0.1, 0.15) is 29.8 Å². The van der Waals surface area contributed by atoms with Crippen LogP contribution in [-0.4, -0.2) is 29.0 Å². The number of benzene rings is 1. The van der Waals surface area contributed by atoms with Crippen LogP contribution >= 0.6 is 0 Å². The Morgan fingerprint density at radius 1 is 1.08 bits per heavy atom. The Hall–Kier alpha value is -2.64. The number of carbonyl (C=O) groups is 1. The molecule has 1 amide bonds. The highest BCUT2D eigenvalue weighted by Gasteiger charge is 2.30. The maximum atomic E-state index is 12.5. The van der Waals surface area contributed by atoms with Crippen LogP contribution < -0.4 is 10.2 Å². The van der Waals surface area contributed by atoms with Gasteiger partial charge in [-0.25, -0.2) is 9.97 Å². The van der Waals surface area contributed by atoms with Gasteiger partial charge in [-0.1, -0.05) is 0 Å². The van der Waals surface area contributed by atoms with Crippen LogP contribution in [0.3, 0.4) is 0 Å². The largest absolute Gasteiger partial charge is 0.416 e. The fourth-order valence-corrected chi connectivity index (χ4v) is 2.05. The molecule has 0 fully saturated rings. The maximum absolute atomic E-state index is 12.5. The molecule has 0 radical (unpaired) electrons. The zero-order valence-electron chi connectivity index (χ0n) is 13.3. The van der Waals surface area contributed by atoms with Crippen molar-refractivity contribution in [1.29, 1.82) is 0 Å². The monoisotopic (exact) mass is 338 g/mol. The number of alkyl halides is 3. The van der Waals surface area contributed by atoms with Gasteiger partial charge < -0.3 is 10.2 Å². The molecule has 0 aliphatic carbocycles. The van der Waals surface area contributed by atoms with Gasteiger partial charge in [0.15, 0.2) is 0 Å². The number of aromatic nitrogens is 2. The number of anilines is 2. The Labute approximate surface area is 137 Å². The van der Waals surface area contributed by atoms with Crippen LogP contribution in [0.2, 0.25) is 0 Å². The van der Waals surface area contributed by atoms with Crippen LogP contribution in [0.15, 0.2) is 36.7 Å². The van der Waals surface area contributed by atoms with Crippen LogP contribution in [0.5, 0.6) is 0 Å². The van der Waals surface area contributed by atoms with Gasteiger partial charge in [0.25, 0.3) is 5.91 Å². The zero-order valence-corrected chi connectivity index (χ0v) is 13.3. The van der Waals surface area contributed by atoms with Crippen LogP contribution in [0.4, 0.5) is 24.8 Å². The van der Waals surface area contributed by atoms with Gasteiger partial charge in [0.05, 0.1) is 11.1 Å². The summed E-state index contributed by atoms with van der Waals surface area (Å²) in [5, 5.41) is 2.51. The first-order valence-electron chi connectivity index (χ1n) is 7.40. The summed E-state index contributed by atoms with van der Waals surface area (Å²) >= 11 is 0. The first-order valence-corrected chi connectivity index (χ1v) is 7.40. The predicted molar refractivity (Wildman–Crippen MR) is 85.0 cm³/mol. The molecule has 0 saturated heterocycles. The summed E-state index contributed by atoms with van der Waals surface area (Å²) in [5.41, 5.74) is -0.279. The van der Waals surface area contributed by atoms with Gasteiger partial charge in [0, 0.05) is 31.2 Å². The summed E-state index contributed by atoms with van der Waals surface area (Å²) in [4.78, 5) is 22.3. The first kappa shape index (κ1) is 17.7. The lowest BCUT2D eigenvalue weighted by Crippen LogP contribution is -2.24. The molecule has 1 aromatic carbocycles. The molecule has 24 heavy (non-hydrogen) atoms. The van der Waals surface area contributed by atoms with Gasteiger partial charge in [0.1, 0.15) is 0 Å². The molecule has 1 aromatic heterocycles. The Morgan fingerprint density at radius 3 is 2.08 bits per heavy atom. The molecule has 0 atom stereocenters. The van der Waals surface area contributed by atoms with E-state index < -0.39 is 17.6 Å². The van der Waals surface area contributed by atoms with Crippen molar-refractivity contribution in [2.24, 2.45) is 0 Å². The summed E-state index contributed by atoms with van der Waals surface area (Å²) in [7, 11) is 0. The minimum Gasteiger partial charge on any atom is -0.341 e. The normalized spacial score (nSPS) is 11.2. The highest BCUT2D eigenvalue weighted by Crippen LogP contribution is 2.29. The van der Waals surface area contributed by atoms with E-state index in [4.69, 9.17) is 0 Å². The standard InChI is InChI=1S/C16H17F3N4O/c1-3-23(4-2)15-20-9-11(10-21-15)14(24)22-13-7-5-12(6-8-13)16(17,18)19/h5-10H,3-4H2,1-2H3,(H,22,24). The third kappa shape index (κ3) is 4.21. The second-order valence-corrected chi connectivity index (χ2v) is 4.97. The number of rotatable bonds is 5. The topological polar surface area (TPSA) is 58.1 Å². The van der Waals surface area contributed by atoms with E-state index in [9.17, 15) is 18.0 Å². The minimum absolute atomic E-state index is 0.228.